The molecule has 0 bridgehead atoms. The first-order valence-electron chi connectivity index (χ1n) is 9.12. The summed E-state index contributed by atoms with van der Waals surface area (Å²) in [5.41, 5.74) is 6.69. The van der Waals surface area contributed by atoms with E-state index in [-0.39, 0.29) is 18.8 Å². The van der Waals surface area contributed by atoms with Crippen molar-refractivity contribution in [2.45, 2.75) is 37.7 Å². The third kappa shape index (κ3) is 4.38. The first kappa shape index (κ1) is 20.0. The zero-order valence-electron chi connectivity index (χ0n) is 15.3. The van der Waals surface area contributed by atoms with Crippen LogP contribution in [0.3, 0.4) is 0 Å². The average Bonchev–Trinajstić information content (AvgIpc) is 3.07. The minimum Gasteiger partial charge on any atom is -0.394 e. The number of hydrogen-bond donors (Lipinski definition) is 3. The second-order valence-electron chi connectivity index (χ2n) is 6.70. The maximum Gasteiger partial charge on any atom is 0.351 e. The lowest BCUT2D eigenvalue weighted by atomic mass is 10.1. The van der Waals surface area contributed by atoms with Gasteiger partial charge in [-0.25, -0.2) is 4.79 Å². The number of benzene rings is 1. The van der Waals surface area contributed by atoms with Gasteiger partial charge in [-0.05, 0) is 18.4 Å². The molecule has 150 valence electrons. The van der Waals surface area contributed by atoms with Gasteiger partial charge in [0.2, 0.25) is 6.41 Å². The Kier molecular flexibility index (Phi) is 6.40. The molecule has 1 aliphatic rings. The molecule has 0 radical (unpaired) electrons. The molecule has 0 aliphatic carbocycles. The topological polar surface area (TPSA) is 131 Å². The number of ether oxygens (including phenoxy) is 1. The van der Waals surface area contributed by atoms with E-state index < -0.39 is 24.1 Å². The summed E-state index contributed by atoms with van der Waals surface area (Å²) in [5.74, 6) is -0.0506. The highest BCUT2D eigenvalue weighted by Gasteiger charge is 2.35. The highest BCUT2D eigenvalue weighted by atomic mass is 16.5. The van der Waals surface area contributed by atoms with Gasteiger partial charge in [-0.2, -0.15) is 4.98 Å². The van der Waals surface area contributed by atoms with Crippen LogP contribution in [0.2, 0.25) is 0 Å². The SMILES string of the molecule is Nc1nc(=O)n([C@H]2C[C@H](O)[C@@H](CO)O2)cc1N(C=O)CCCc1ccccc1. The summed E-state index contributed by atoms with van der Waals surface area (Å²) in [6.45, 7) is 0.0392. The van der Waals surface area contributed by atoms with E-state index in [1.165, 1.54) is 15.7 Å². The van der Waals surface area contributed by atoms with Gasteiger partial charge in [0.15, 0.2) is 5.82 Å². The fourth-order valence-electron chi connectivity index (χ4n) is 3.28. The molecule has 3 rings (SSSR count). The van der Waals surface area contributed by atoms with Gasteiger partial charge in [0, 0.05) is 19.2 Å². The molecule has 1 amide bonds. The Labute approximate surface area is 162 Å². The molecule has 1 saturated heterocycles. The molecule has 2 heterocycles. The summed E-state index contributed by atoms with van der Waals surface area (Å²) in [7, 11) is 0. The Hall–Kier alpha value is -2.75. The van der Waals surface area contributed by atoms with E-state index in [9.17, 15) is 19.8 Å². The van der Waals surface area contributed by atoms with Crippen LogP contribution in [0, 0.1) is 0 Å². The standard InChI is InChI=1S/C19H24N4O5/c20-18-14(22(12-25)8-4-7-13-5-2-1-3-6-13)10-23(19(27)21-18)17-9-15(26)16(11-24)28-17/h1-3,5-6,10,12,15-17,24,26H,4,7-9,11H2,(H2,20,21,27)/t15-,16+,17+/m0/s1. The Morgan fingerprint density at radius 3 is 2.75 bits per heavy atom. The predicted octanol–water partition coefficient (Wildman–Crippen LogP) is 0.0618. The molecule has 9 heteroatoms. The number of anilines is 2. The summed E-state index contributed by atoms with van der Waals surface area (Å²) < 4.78 is 6.70. The van der Waals surface area contributed by atoms with Crippen molar-refractivity contribution in [3.05, 3.63) is 52.6 Å². The van der Waals surface area contributed by atoms with E-state index in [1.54, 1.807) is 0 Å². The quantitative estimate of drug-likeness (QED) is 0.545. The maximum atomic E-state index is 12.2. The van der Waals surface area contributed by atoms with Crippen molar-refractivity contribution in [1.82, 2.24) is 9.55 Å². The number of amides is 1. The molecular formula is C19H24N4O5. The highest BCUT2D eigenvalue weighted by molar-refractivity contribution is 5.80. The van der Waals surface area contributed by atoms with Gasteiger partial charge >= 0.3 is 5.69 Å². The zero-order valence-corrected chi connectivity index (χ0v) is 15.3. The number of nitrogen functional groups attached to an aromatic ring is 1. The van der Waals surface area contributed by atoms with Crippen LogP contribution in [0.1, 0.15) is 24.6 Å². The van der Waals surface area contributed by atoms with Crippen LogP contribution in [-0.2, 0) is 16.0 Å². The third-order valence-electron chi connectivity index (χ3n) is 4.80. The van der Waals surface area contributed by atoms with Crippen molar-refractivity contribution >= 4 is 17.9 Å². The van der Waals surface area contributed by atoms with Crippen molar-refractivity contribution in [1.29, 1.82) is 0 Å². The first-order chi connectivity index (χ1) is 13.5. The van der Waals surface area contributed by atoms with Gasteiger partial charge in [-0.1, -0.05) is 30.3 Å². The van der Waals surface area contributed by atoms with E-state index in [1.807, 2.05) is 30.3 Å². The summed E-state index contributed by atoms with van der Waals surface area (Å²) in [6, 6.07) is 9.89. The van der Waals surface area contributed by atoms with Gasteiger partial charge in [-0.3, -0.25) is 9.36 Å². The second-order valence-corrected chi connectivity index (χ2v) is 6.70. The predicted molar refractivity (Wildman–Crippen MR) is 103 cm³/mol. The number of aryl methyl sites for hydroxylation is 1. The van der Waals surface area contributed by atoms with Crippen molar-refractivity contribution in [3.8, 4) is 0 Å². The zero-order chi connectivity index (χ0) is 20.1. The smallest absolute Gasteiger partial charge is 0.351 e. The highest BCUT2D eigenvalue weighted by Crippen LogP contribution is 2.29. The molecular weight excluding hydrogens is 364 g/mol. The fourth-order valence-corrected chi connectivity index (χ4v) is 3.28. The lowest BCUT2D eigenvalue weighted by Gasteiger charge is -2.21. The number of carbonyl (C=O) groups is 1. The summed E-state index contributed by atoms with van der Waals surface area (Å²) >= 11 is 0. The number of nitrogens with zero attached hydrogens (tertiary/aromatic N) is 3. The molecule has 1 aromatic heterocycles. The second kappa shape index (κ2) is 8.96. The lowest BCUT2D eigenvalue weighted by molar-refractivity contribution is -0.107. The number of aliphatic hydroxyl groups excluding tert-OH is 2. The van der Waals surface area contributed by atoms with E-state index in [4.69, 9.17) is 10.5 Å². The van der Waals surface area contributed by atoms with Gasteiger partial charge in [-0.15, -0.1) is 0 Å². The Bertz CT molecular complexity index is 857. The van der Waals surface area contributed by atoms with Crippen LogP contribution in [-0.4, -0.2) is 51.5 Å². The van der Waals surface area contributed by atoms with Crippen molar-refractivity contribution in [2.75, 3.05) is 23.8 Å². The van der Waals surface area contributed by atoms with Crippen molar-refractivity contribution in [3.63, 3.8) is 0 Å². The van der Waals surface area contributed by atoms with E-state index in [2.05, 4.69) is 4.98 Å². The molecule has 1 aliphatic heterocycles. The van der Waals surface area contributed by atoms with E-state index in [0.717, 1.165) is 12.0 Å². The molecule has 28 heavy (non-hydrogen) atoms. The number of carbonyl (C=O) groups excluding carboxylic acids is 1. The van der Waals surface area contributed by atoms with E-state index >= 15 is 0 Å². The summed E-state index contributed by atoms with van der Waals surface area (Å²) in [5, 5.41) is 19.1. The number of nitrogens with two attached hydrogens (primary N) is 1. The molecule has 4 N–H and O–H groups in total. The number of hydrogen-bond acceptors (Lipinski definition) is 7. The van der Waals surface area contributed by atoms with Crippen LogP contribution in [0.5, 0.6) is 0 Å². The Balaban J connectivity index is 1.76. The first-order valence-corrected chi connectivity index (χ1v) is 9.12. The Morgan fingerprint density at radius 2 is 2.11 bits per heavy atom. The number of aromatic nitrogens is 2. The average molecular weight is 388 g/mol. The van der Waals surface area contributed by atoms with Crippen LogP contribution in [0.4, 0.5) is 11.5 Å². The molecule has 0 saturated carbocycles. The largest absolute Gasteiger partial charge is 0.394 e. The minimum atomic E-state index is -0.893. The van der Waals surface area contributed by atoms with Crippen molar-refractivity contribution in [2.24, 2.45) is 0 Å². The third-order valence-corrected chi connectivity index (χ3v) is 4.80. The molecule has 0 spiro atoms. The monoisotopic (exact) mass is 388 g/mol. The van der Waals surface area contributed by atoms with Gasteiger partial charge < -0.3 is 25.6 Å². The molecule has 0 unspecified atom stereocenters. The fraction of sp³-hybridized carbons (Fsp3) is 0.421. The summed E-state index contributed by atoms with van der Waals surface area (Å²) in [6.07, 6.45) is 1.23. The van der Waals surface area contributed by atoms with Gasteiger partial charge in [0.05, 0.1) is 12.7 Å². The lowest BCUT2D eigenvalue weighted by Crippen LogP contribution is -2.32. The van der Waals surface area contributed by atoms with Crippen LogP contribution in [0.15, 0.2) is 41.3 Å². The van der Waals surface area contributed by atoms with Crippen molar-refractivity contribution < 1.29 is 19.7 Å². The maximum absolute atomic E-state index is 12.2. The van der Waals surface area contributed by atoms with Gasteiger partial charge in [0.1, 0.15) is 18.0 Å². The molecule has 2 aromatic rings. The van der Waals surface area contributed by atoms with Crippen LogP contribution >= 0.6 is 0 Å². The normalized spacial score (nSPS) is 21.6. The van der Waals surface area contributed by atoms with Crippen LogP contribution < -0.4 is 16.3 Å². The van der Waals surface area contributed by atoms with E-state index in [0.29, 0.717) is 25.1 Å². The Morgan fingerprint density at radius 1 is 1.36 bits per heavy atom. The molecule has 9 nitrogen and oxygen atoms in total. The summed E-state index contributed by atoms with van der Waals surface area (Å²) in [4.78, 5) is 29.0. The molecule has 1 fully saturated rings. The minimum absolute atomic E-state index is 0.0506. The van der Waals surface area contributed by atoms with Gasteiger partial charge in [0.25, 0.3) is 0 Å². The van der Waals surface area contributed by atoms with Crippen LogP contribution in [0.25, 0.3) is 0 Å². The number of aliphatic hydroxyl groups is 2. The molecule has 3 atom stereocenters. The molecule has 1 aromatic carbocycles. The number of rotatable bonds is 8.